The van der Waals surface area contributed by atoms with Gasteiger partial charge in [-0.15, -0.1) is 0 Å². The van der Waals surface area contributed by atoms with E-state index in [9.17, 15) is 19.2 Å². The molecule has 2 fully saturated rings. The zero-order valence-electron chi connectivity index (χ0n) is 24.8. The van der Waals surface area contributed by atoms with E-state index in [-0.39, 0.29) is 29.6 Å². The van der Waals surface area contributed by atoms with Crippen LogP contribution in [0.3, 0.4) is 0 Å². The Kier molecular flexibility index (Phi) is 8.65. The largest absolute Gasteiger partial charge is 0.383 e. The lowest BCUT2D eigenvalue weighted by atomic mass is 9.86. The number of carbonyl (C=O) groups excluding carboxylic acids is 4. The second-order valence-corrected chi connectivity index (χ2v) is 12.6. The number of nitrogens with two attached hydrogens (primary N) is 1. The summed E-state index contributed by atoms with van der Waals surface area (Å²) in [4.78, 5) is 55.8. The standard InChI is InChI=1S/C32H42N6O4/c1-32(2,3)22-9-7-21(8-10-22)19-25(33)31(42)37-17-15-36(16-18-37)14-13-34-26-6-4-5-23-24(26)20-38(30(23)41)27-11-12-28(39)35-29(27)40/h4-10,25,27,34H,11-20,33H2,1-3H3,(H,35,39,40)/t25-,27?/m0/s1. The molecular weight excluding hydrogens is 532 g/mol. The molecule has 5 rings (SSSR count). The van der Waals surface area contributed by atoms with Gasteiger partial charge < -0.3 is 20.9 Å². The van der Waals surface area contributed by atoms with Gasteiger partial charge in [-0.3, -0.25) is 29.4 Å². The third kappa shape index (κ3) is 6.50. The van der Waals surface area contributed by atoms with Crippen LogP contribution in [0.4, 0.5) is 5.69 Å². The van der Waals surface area contributed by atoms with E-state index < -0.39 is 18.0 Å². The molecule has 0 saturated carbocycles. The van der Waals surface area contributed by atoms with Gasteiger partial charge in [0.25, 0.3) is 5.91 Å². The lowest BCUT2D eigenvalue weighted by Gasteiger charge is -2.36. The highest BCUT2D eigenvalue weighted by molar-refractivity contribution is 6.06. The van der Waals surface area contributed by atoms with Gasteiger partial charge in [-0.1, -0.05) is 51.1 Å². The van der Waals surface area contributed by atoms with Crippen molar-refractivity contribution >= 4 is 29.3 Å². The SMILES string of the molecule is CC(C)(C)c1ccc(C[C@H](N)C(=O)N2CCN(CCNc3cccc4c3CN(C3CCC(=O)NC3=O)C4=O)CC2)cc1. The number of fused-ring (bicyclic) bond motifs is 1. The molecule has 0 aromatic heterocycles. The predicted molar refractivity (Wildman–Crippen MR) is 161 cm³/mol. The summed E-state index contributed by atoms with van der Waals surface area (Å²) in [5.41, 5.74) is 11.1. The Morgan fingerprint density at radius 2 is 1.76 bits per heavy atom. The second kappa shape index (κ2) is 12.2. The number of nitrogens with zero attached hydrogens (tertiary/aromatic N) is 3. The molecule has 2 atom stereocenters. The normalized spacial score (nSPS) is 20.4. The maximum absolute atomic E-state index is 13.1. The lowest BCUT2D eigenvalue weighted by Crippen LogP contribution is -2.54. The van der Waals surface area contributed by atoms with E-state index in [4.69, 9.17) is 5.73 Å². The molecule has 10 heteroatoms. The van der Waals surface area contributed by atoms with Gasteiger partial charge in [0.15, 0.2) is 0 Å². The molecule has 0 spiro atoms. The number of benzene rings is 2. The molecule has 0 bridgehead atoms. The summed E-state index contributed by atoms with van der Waals surface area (Å²) in [5, 5.41) is 5.82. The van der Waals surface area contributed by atoms with Crippen LogP contribution in [0.2, 0.25) is 0 Å². The van der Waals surface area contributed by atoms with Gasteiger partial charge in [0.05, 0.1) is 6.04 Å². The molecule has 2 aromatic carbocycles. The Morgan fingerprint density at radius 3 is 2.43 bits per heavy atom. The summed E-state index contributed by atoms with van der Waals surface area (Å²) in [6.45, 7) is 11.2. The predicted octanol–water partition coefficient (Wildman–Crippen LogP) is 1.87. The van der Waals surface area contributed by atoms with Gasteiger partial charge in [-0.05, 0) is 41.5 Å². The van der Waals surface area contributed by atoms with Gasteiger partial charge in [0.2, 0.25) is 17.7 Å². The van der Waals surface area contributed by atoms with Crippen LogP contribution in [0.1, 0.15) is 60.7 Å². The summed E-state index contributed by atoms with van der Waals surface area (Å²) in [7, 11) is 0. The van der Waals surface area contributed by atoms with Crippen LogP contribution in [0.15, 0.2) is 42.5 Å². The fourth-order valence-electron chi connectivity index (χ4n) is 6.01. The first-order valence-electron chi connectivity index (χ1n) is 14.9. The smallest absolute Gasteiger partial charge is 0.255 e. The molecule has 10 nitrogen and oxygen atoms in total. The van der Waals surface area contributed by atoms with E-state index in [0.29, 0.717) is 44.6 Å². The van der Waals surface area contributed by atoms with E-state index in [2.05, 4.69) is 60.6 Å². The molecule has 0 aliphatic carbocycles. The van der Waals surface area contributed by atoms with Gasteiger partial charge in [-0.2, -0.15) is 0 Å². The Labute approximate surface area is 247 Å². The van der Waals surface area contributed by atoms with Crippen molar-refractivity contribution in [1.82, 2.24) is 20.0 Å². The Morgan fingerprint density at radius 1 is 1.05 bits per heavy atom. The van der Waals surface area contributed by atoms with Crippen LogP contribution in [-0.2, 0) is 32.8 Å². The molecule has 224 valence electrons. The number of piperidine rings is 1. The maximum Gasteiger partial charge on any atom is 0.255 e. The molecule has 2 aromatic rings. The fourth-order valence-corrected chi connectivity index (χ4v) is 6.01. The summed E-state index contributed by atoms with van der Waals surface area (Å²) >= 11 is 0. The van der Waals surface area contributed by atoms with E-state index >= 15 is 0 Å². The lowest BCUT2D eigenvalue weighted by molar-refractivity contribution is -0.137. The first-order chi connectivity index (χ1) is 20.0. The van der Waals surface area contributed by atoms with Crippen LogP contribution in [0, 0.1) is 0 Å². The summed E-state index contributed by atoms with van der Waals surface area (Å²) in [6.07, 6.45) is 1.10. The van der Waals surface area contributed by atoms with Gasteiger partial charge >= 0.3 is 0 Å². The van der Waals surface area contributed by atoms with Crippen molar-refractivity contribution in [3.05, 3.63) is 64.7 Å². The monoisotopic (exact) mass is 574 g/mol. The van der Waals surface area contributed by atoms with Crippen LogP contribution < -0.4 is 16.4 Å². The first-order valence-corrected chi connectivity index (χ1v) is 14.9. The average molecular weight is 575 g/mol. The average Bonchev–Trinajstić information content (AvgIpc) is 3.29. The van der Waals surface area contributed by atoms with Crippen LogP contribution in [0.5, 0.6) is 0 Å². The molecule has 4 N–H and O–H groups in total. The van der Waals surface area contributed by atoms with Crippen molar-refractivity contribution in [3.8, 4) is 0 Å². The van der Waals surface area contributed by atoms with E-state index in [0.717, 1.165) is 36.4 Å². The summed E-state index contributed by atoms with van der Waals surface area (Å²) in [5.74, 6) is -0.880. The zero-order valence-corrected chi connectivity index (χ0v) is 24.8. The van der Waals surface area contributed by atoms with Crippen molar-refractivity contribution in [1.29, 1.82) is 0 Å². The van der Waals surface area contributed by atoms with Gasteiger partial charge in [0.1, 0.15) is 6.04 Å². The molecule has 3 aliphatic heterocycles. The molecule has 2 saturated heterocycles. The minimum absolute atomic E-state index is 0.00208. The number of hydrogen-bond acceptors (Lipinski definition) is 7. The number of carbonyl (C=O) groups is 4. The third-order valence-electron chi connectivity index (χ3n) is 8.60. The van der Waals surface area contributed by atoms with E-state index in [1.807, 2.05) is 17.0 Å². The molecule has 3 heterocycles. The van der Waals surface area contributed by atoms with E-state index in [1.165, 1.54) is 5.56 Å². The maximum atomic E-state index is 13.1. The topological polar surface area (TPSA) is 128 Å². The Bertz CT molecular complexity index is 1340. The van der Waals surface area contributed by atoms with Crippen molar-refractivity contribution < 1.29 is 19.2 Å². The van der Waals surface area contributed by atoms with Gasteiger partial charge in [-0.25, -0.2) is 0 Å². The highest BCUT2D eigenvalue weighted by Crippen LogP contribution is 2.32. The number of piperazine rings is 1. The minimum atomic E-state index is -0.628. The quantitative estimate of drug-likeness (QED) is 0.411. The van der Waals surface area contributed by atoms with E-state index in [1.54, 1.807) is 11.0 Å². The molecular formula is C32H42N6O4. The molecule has 42 heavy (non-hydrogen) atoms. The number of anilines is 1. The number of amides is 4. The van der Waals surface area contributed by atoms with Crippen molar-refractivity contribution in [3.63, 3.8) is 0 Å². The summed E-state index contributed by atoms with van der Waals surface area (Å²) < 4.78 is 0. The van der Waals surface area contributed by atoms with Gasteiger partial charge in [0, 0.05) is 69.0 Å². The van der Waals surface area contributed by atoms with Crippen LogP contribution in [-0.4, -0.2) is 89.7 Å². The molecule has 0 radical (unpaired) electrons. The fraction of sp³-hybridized carbons (Fsp3) is 0.500. The number of hydrogen-bond donors (Lipinski definition) is 3. The number of nitrogens with one attached hydrogen (secondary N) is 2. The number of rotatable bonds is 8. The molecule has 4 amide bonds. The summed E-state index contributed by atoms with van der Waals surface area (Å²) in [6, 6.07) is 12.8. The van der Waals surface area contributed by atoms with Crippen molar-refractivity contribution in [2.45, 2.75) is 64.1 Å². The molecule has 1 unspecified atom stereocenters. The highest BCUT2D eigenvalue weighted by atomic mass is 16.2. The zero-order chi connectivity index (χ0) is 30.0. The molecule has 3 aliphatic rings. The third-order valence-corrected chi connectivity index (χ3v) is 8.60. The van der Waals surface area contributed by atoms with Crippen molar-refractivity contribution in [2.24, 2.45) is 5.73 Å². The minimum Gasteiger partial charge on any atom is -0.383 e. The highest BCUT2D eigenvalue weighted by Gasteiger charge is 2.39. The number of imide groups is 1. The van der Waals surface area contributed by atoms with Crippen LogP contribution >= 0.6 is 0 Å². The van der Waals surface area contributed by atoms with Crippen molar-refractivity contribution in [2.75, 3.05) is 44.6 Å². The first kappa shape index (κ1) is 29.7. The van der Waals surface area contributed by atoms with Crippen LogP contribution in [0.25, 0.3) is 0 Å². The second-order valence-electron chi connectivity index (χ2n) is 12.6. The Balaban J connectivity index is 1.08. The Hall–Kier alpha value is -3.76.